The predicted molar refractivity (Wildman–Crippen MR) is 115 cm³/mol. The molecular weight excluding hydrogens is 406 g/mol. The van der Waals surface area contributed by atoms with Crippen molar-refractivity contribution in [2.24, 2.45) is 4.99 Å². The van der Waals surface area contributed by atoms with Crippen molar-refractivity contribution in [3.63, 3.8) is 0 Å². The van der Waals surface area contributed by atoms with Crippen LogP contribution in [-0.2, 0) is 6.54 Å². The van der Waals surface area contributed by atoms with Gasteiger partial charge in [0.1, 0.15) is 5.49 Å². The Morgan fingerprint density at radius 2 is 1.93 bits per heavy atom. The van der Waals surface area contributed by atoms with Crippen molar-refractivity contribution >= 4 is 28.8 Å². The second-order valence-electron chi connectivity index (χ2n) is 6.23. The molecule has 0 aliphatic carbocycles. The van der Waals surface area contributed by atoms with E-state index in [0.717, 1.165) is 22.6 Å². The molecule has 0 saturated carbocycles. The van der Waals surface area contributed by atoms with Gasteiger partial charge in [0.25, 0.3) is 5.91 Å². The maximum Gasteiger partial charge on any atom is 0.261 e. The van der Waals surface area contributed by atoms with Gasteiger partial charge in [-0.15, -0.1) is 11.3 Å². The fourth-order valence-corrected chi connectivity index (χ4v) is 3.87. The Morgan fingerprint density at radius 3 is 2.66 bits per heavy atom. The third-order valence-corrected chi connectivity index (χ3v) is 5.59. The lowest BCUT2D eigenvalue weighted by atomic mass is 10.2. The van der Waals surface area contributed by atoms with Gasteiger partial charge in [0.15, 0.2) is 0 Å². The Balaban J connectivity index is 1.46. The normalized spacial score (nSPS) is 11.6. The Morgan fingerprint density at radius 1 is 1.14 bits per heavy atom. The number of hydrogen-bond donors (Lipinski definition) is 1. The van der Waals surface area contributed by atoms with Gasteiger partial charge in [0.05, 0.1) is 27.8 Å². The highest BCUT2D eigenvalue weighted by atomic mass is 35.5. The molecule has 29 heavy (non-hydrogen) atoms. The van der Waals surface area contributed by atoms with Gasteiger partial charge in [-0.2, -0.15) is 0 Å². The number of thiophene rings is 1. The van der Waals surface area contributed by atoms with E-state index in [4.69, 9.17) is 11.6 Å². The number of rotatable bonds is 5. The Hall–Kier alpha value is -3.16. The molecule has 1 amide bonds. The number of nitrogens with zero attached hydrogens (tertiary/aromatic N) is 4. The molecule has 0 aliphatic rings. The standard InChI is InChI=1S/C21H18ClN5OS/c1-23-20-4-2-3-11-27(20)17-7-5-16(6-8-17)26-13-15(25-14-26)12-24-21(28)18-9-10-19(22)29-18/h2-11,13-14H,12H2,1H3,(H,24,28)/b23-20+. The lowest BCUT2D eigenvalue weighted by Gasteiger charge is -2.08. The highest BCUT2D eigenvalue weighted by molar-refractivity contribution is 7.17. The molecule has 6 nitrogen and oxygen atoms in total. The first-order valence-electron chi connectivity index (χ1n) is 8.92. The summed E-state index contributed by atoms with van der Waals surface area (Å²) >= 11 is 7.13. The van der Waals surface area contributed by atoms with Gasteiger partial charge >= 0.3 is 0 Å². The number of aromatic nitrogens is 3. The Kier molecular flexibility index (Phi) is 5.59. The van der Waals surface area contributed by atoms with Crippen LogP contribution in [0.2, 0.25) is 4.34 Å². The first-order chi connectivity index (χ1) is 14.1. The lowest BCUT2D eigenvalue weighted by molar-refractivity contribution is 0.0954. The number of halogens is 1. The quantitative estimate of drug-likeness (QED) is 0.530. The second-order valence-corrected chi connectivity index (χ2v) is 7.94. The zero-order valence-corrected chi connectivity index (χ0v) is 17.2. The van der Waals surface area contributed by atoms with Crippen molar-refractivity contribution in [2.75, 3.05) is 7.05 Å². The largest absolute Gasteiger partial charge is 0.346 e. The van der Waals surface area contributed by atoms with Crippen LogP contribution in [0.5, 0.6) is 0 Å². The van der Waals surface area contributed by atoms with Crippen molar-refractivity contribution in [3.8, 4) is 11.4 Å². The van der Waals surface area contributed by atoms with Gasteiger partial charge < -0.3 is 14.5 Å². The molecule has 0 spiro atoms. The van der Waals surface area contributed by atoms with Gasteiger partial charge in [0, 0.05) is 30.8 Å². The van der Waals surface area contributed by atoms with E-state index in [9.17, 15) is 4.79 Å². The smallest absolute Gasteiger partial charge is 0.261 e. The summed E-state index contributed by atoms with van der Waals surface area (Å²) in [7, 11) is 1.78. The summed E-state index contributed by atoms with van der Waals surface area (Å²) in [5, 5.41) is 2.86. The van der Waals surface area contributed by atoms with E-state index in [0.29, 0.717) is 15.8 Å². The SMILES string of the molecule is C/N=c1\ccccn1-c1ccc(-n2cnc(CNC(=O)c3ccc(Cl)s3)c2)cc1. The third kappa shape index (κ3) is 4.31. The van der Waals surface area contributed by atoms with E-state index < -0.39 is 0 Å². The molecule has 0 atom stereocenters. The number of carbonyl (C=O) groups excluding carboxylic acids is 1. The topological polar surface area (TPSA) is 64.2 Å². The summed E-state index contributed by atoms with van der Waals surface area (Å²) in [5.74, 6) is -0.155. The summed E-state index contributed by atoms with van der Waals surface area (Å²) in [6.07, 6.45) is 5.62. The summed E-state index contributed by atoms with van der Waals surface area (Å²) in [6.45, 7) is 0.348. The average molecular weight is 424 g/mol. The molecule has 0 saturated heterocycles. The fourth-order valence-electron chi connectivity index (χ4n) is 2.91. The van der Waals surface area contributed by atoms with Crippen LogP contribution in [0, 0.1) is 0 Å². The maximum atomic E-state index is 12.1. The zero-order chi connectivity index (χ0) is 20.2. The summed E-state index contributed by atoms with van der Waals surface area (Å²) in [5.41, 5.74) is 3.66. The van der Waals surface area contributed by atoms with E-state index >= 15 is 0 Å². The zero-order valence-electron chi connectivity index (χ0n) is 15.6. The molecule has 146 valence electrons. The number of benzene rings is 1. The molecule has 8 heteroatoms. The van der Waals surface area contributed by atoms with Crippen molar-refractivity contribution in [3.05, 3.63) is 93.7 Å². The lowest BCUT2D eigenvalue weighted by Crippen LogP contribution is -2.21. The summed E-state index contributed by atoms with van der Waals surface area (Å²) in [6, 6.07) is 17.4. The molecule has 1 aromatic carbocycles. The van der Waals surface area contributed by atoms with Gasteiger partial charge in [0.2, 0.25) is 0 Å². The van der Waals surface area contributed by atoms with Crippen LogP contribution in [0.25, 0.3) is 11.4 Å². The first kappa shape index (κ1) is 19.2. The van der Waals surface area contributed by atoms with Crippen LogP contribution in [0.4, 0.5) is 0 Å². The van der Waals surface area contributed by atoms with E-state index in [1.807, 2.05) is 64.0 Å². The van der Waals surface area contributed by atoms with Gasteiger partial charge in [-0.1, -0.05) is 17.7 Å². The molecule has 0 unspecified atom stereocenters. The molecule has 0 aliphatic heterocycles. The highest BCUT2D eigenvalue weighted by Crippen LogP contribution is 2.21. The number of hydrogen-bond acceptors (Lipinski definition) is 4. The number of pyridine rings is 1. The van der Waals surface area contributed by atoms with Crippen LogP contribution in [-0.4, -0.2) is 27.1 Å². The maximum absolute atomic E-state index is 12.1. The number of amides is 1. The molecule has 3 aromatic heterocycles. The number of imidazole rings is 1. The molecule has 0 fully saturated rings. The summed E-state index contributed by atoms with van der Waals surface area (Å²) in [4.78, 5) is 21.4. The number of carbonyl (C=O) groups is 1. The molecule has 0 bridgehead atoms. The second kappa shape index (κ2) is 8.46. The Bertz CT molecular complexity index is 1210. The van der Waals surface area contributed by atoms with Crippen LogP contribution >= 0.6 is 22.9 Å². The van der Waals surface area contributed by atoms with E-state index in [1.54, 1.807) is 25.5 Å². The first-order valence-corrected chi connectivity index (χ1v) is 10.1. The minimum atomic E-state index is -0.155. The van der Waals surface area contributed by atoms with Gasteiger partial charge in [-0.05, 0) is 48.5 Å². The van der Waals surface area contributed by atoms with Crippen LogP contribution in [0.1, 0.15) is 15.4 Å². The van der Waals surface area contributed by atoms with Crippen LogP contribution < -0.4 is 10.8 Å². The average Bonchev–Trinajstić information content (AvgIpc) is 3.41. The van der Waals surface area contributed by atoms with E-state index in [1.165, 1.54) is 11.3 Å². The highest BCUT2D eigenvalue weighted by Gasteiger charge is 2.09. The molecule has 3 heterocycles. The minimum absolute atomic E-state index is 0.155. The third-order valence-electron chi connectivity index (χ3n) is 4.36. The predicted octanol–water partition coefficient (Wildman–Crippen LogP) is 3.84. The van der Waals surface area contributed by atoms with Crippen LogP contribution in [0.15, 0.2) is 78.3 Å². The van der Waals surface area contributed by atoms with Crippen molar-refractivity contribution in [1.82, 2.24) is 19.4 Å². The Labute approximate surface area is 176 Å². The van der Waals surface area contributed by atoms with E-state index in [-0.39, 0.29) is 5.91 Å². The minimum Gasteiger partial charge on any atom is -0.346 e. The molecule has 4 aromatic rings. The van der Waals surface area contributed by atoms with Gasteiger partial charge in [-0.25, -0.2) is 4.98 Å². The monoisotopic (exact) mass is 423 g/mol. The fraction of sp³-hybridized carbons (Fsp3) is 0.0952. The number of nitrogens with one attached hydrogen (secondary N) is 1. The van der Waals surface area contributed by atoms with Crippen molar-refractivity contribution in [1.29, 1.82) is 0 Å². The molecule has 4 rings (SSSR count). The van der Waals surface area contributed by atoms with Crippen LogP contribution in [0.3, 0.4) is 0 Å². The van der Waals surface area contributed by atoms with E-state index in [2.05, 4.69) is 15.3 Å². The van der Waals surface area contributed by atoms with Crippen molar-refractivity contribution < 1.29 is 4.79 Å². The molecule has 0 radical (unpaired) electrons. The van der Waals surface area contributed by atoms with Gasteiger partial charge in [-0.3, -0.25) is 9.79 Å². The molecular formula is C21H18ClN5OS. The molecule has 1 N–H and O–H groups in total. The summed E-state index contributed by atoms with van der Waals surface area (Å²) < 4.78 is 4.54. The van der Waals surface area contributed by atoms with Crippen molar-refractivity contribution in [2.45, 2.75) is 6.54 Å².